The van der Waals surface area contributed by atoms with Crippen molar-refractivity contribution in [1.82, 2.24) is 0 Å². The Morgan fingerprint density at radius 1 is 0.826 bits per heavy atom. The molecule has 1 unspecified atom stereocenters. The normalized spacial score (nSPS) is 15.8. The molecule has 0 aliphatic heterocycles. The quantitative estimate of drug-likeness (QED) is 0.431. The molecule has 0 aromatic heterocycles. The molecule has 23 heavy (non-hydrogen) atoms. The van der Waals surface area contributed by atoms with Gasteiger partial charge in [0, 0.05) is 6.61 Å². The van der Waals surface area contributed by atoms with Crippen molar-refractivity contribution in [3.8, 4) is 0 Å². The third-order valence-corrected chi connectivity index (χ3v) is 14.7. The molecule has 0 aliphatic carbocycles. The van der Waals surface area contributed by atoms with Crippen LogP contribution in [-0.4, -0.2) is 41.1 Å². The molecule has 5 heteroatoms. The zero-order valence-corrected chi connectivity index (χ0v) is 19.4. The summed E-state index contributed by atoms with van der Waals surface area (Å²) in [5.41, 5.74) is 0. The Labute approximate surface area is 147 Å². The molecule has 0 saturated carbocycles. The summed E-state index contributed by atoms with van der Waals surface area (Å²) in [6.07, 6.45) is 2.99. The van der Waals surface area contributed by atoms with Crippen molar-refractivity contribution < 1.29 is 14.0 Å². The lowest BCUT2D eigenvalue weighted by atomic mass is 10.2. The van der Waals surface area contributed by atoms with Gasteiger partial charge in [0.15, 0.2) is 16.6 Å². The number of rotatable bonds is 9. The molecule has 1 N–H and O–H groups in total. The average molecular weight is 363 g/mol. The van der Waals surface area contributed by atoms with E-state index < -0.39 is 16.6 Å². The van der Waals surface area contributed by atoms with Crippen LogP contribution in [0.1, 0.15) is 60.8 Å². The fourth-order valence-corrected chi connectivity index (χ4v) is 4.27. The van der Waals surface area contributed by atoms with Crippen molar-refractivity contribution in [3.63, 3.8) is 0 Å². The minimum Gasteiger partial charge on any atom is -0.417 e. The van der Waals surface area contributed by atoms with Crippen LogP contribution in [0.15, 0.2) is 0 Å². The molecule has 0 aliphatic rings. The molecule has 0 rings (SSSR count). The fraction of sp³-hybridized carbons (Fsp3) is 1.00. The van der Waals surface area contributed by atoms with Gasteiger partial charge in [-0.05, 0) is 55.5 Å². The first kappa shape index (κ1) is 23.3. The third-order valence-electron chi connectivity index (χ3n) is 5.66. The Morgan fingerprint density at radius 3 is 1.70 bits per heavy atom. The highest BCUT2D eigenvalue weighted by atomic mass is 28.4. The van der Waals surface area contributed by atoms with E-state index in [2.05, 4.69) is 67.7 Å². The maximum atomic E-state index is 9.62. The van der Waals surface area contributed by atoms with E-state index in [0.29, 0.717) is 0 Å². The molecular formula is C18H42O3Si2. The maximum absolute atomic E-state index is 9.62. The summed E-state index contributed by atoms with van der Waals surface area (Å²) in [6, 6.07) is 0. The van der Waals surface area contributed by atoms with Gasteiger partial charge in [-0.3, -0.25) is 0 Å². The summed E-state index contributed by atoms with van der Waals surface area (Å²) in [4.78, 5) is 0. The largest absolute Gasteiger partial charge is 0.417 e. The molecule has 0 spiro atoms. The second-order valence-corrected chi connectivity index (χ2v) is 19.4. The van der Waals surface area contributed by atoms with Crippen molar-refractivity contribution in [2.45, 2.75) is 103 Å². The summed E-state index contributed by atoms with van der Waals surface area (Å²) in [5, 5.41) is 10.1. The smallest absolute Gasteiger partial charge is 0.192 e. The first-order chi connectivity index (χ1) is 10.1. The standard InChI is InChI=1S/C18H42O3Si2/c1-17(2,3)22(7,8)20-14-12-11-13-16(15-19)21-23(9,10)18(4,5)6/h16,19H,11-15H2,1-10H3. The molecule has 0 heterocycles. The van der Waals surface area contributed by atoms with Gasteiger partial charge in [-0.1, -0.05) is 41.5 Å². The number of aliphatic hydroxyl groups is 1. The molecule has 0 saturated heterocycles. The molecule has 3 nitrogen and oxygen atoms in total. The van der Waals surface area contributed by atoms with Gasteiger partial charge in [0.1, 0.15) is 0 Å². The lowest BCUT2D eigenvalue weighted by Gasteiger charge is -2.39. The van der Waals surface area contributed by atoms with Crippen LogP contribution < -0.4 is 0 Å². The van der Waals surface area contributed by atoms with E-state index >= 15 is 0 Å². The van der Waals surface area contributed by atoms with Gasteiger partial charge in [-0.15, -0.1) is 0 Å². The molecule has 0 fully saturated rings. The molecule has 1 atom stereocenters. The van der Waals surface area contributed by atoms with Crippen LogP contribution in [0.3, 0.4) is 0 Å². The fourth-order valence-electron chi connectivity index (χ4n) is 1.80. The molecule has 0 radical (unpaired) electrons. The van der Waals surface area contributed by atoms with Crippen molar-refractivity contribution in [1.29, 1.82) is 0 Å². The summed E-state index contributed by atoms with van der Waals surface area (Å²) < 4.78 is 12.5. The topological polar surface area (TPSA) is 38.7 Å². The zero-order chi connectivity index (χ0) is 18.5. The monoisotopic (exact) mass is 362 g/mol. The number of hydrogen-bond acceptors (Lipinski definition) is 3. The molecule has 140 valence electrons. The first-order valence-corrected chi connectivity index (χ1v) is 14.9. The summed E-state index contributed by atoms with van der Waals surface area (Å²) in [7, 11) is -3.42. The van der Waals surface area contributed by atoms with Crippen LogP contribution >= 0.6 is 0 Å². The van der Waals surface area contributed by atoms with Crippen LogP contribution in [0.4, 0.5) is 0 Å². The number of aliphatic hydroxyl groups excluding tert-OH is 1. The zero-order valence-electron chi connectivity index (χ0n) is 17.4. The maximum Gasteiger partial charge on any atom is 0.192 e. The van der Waals surface area contributed by atoms with Crippen LogP contribution in [0.2, 0.25) is 36.3 Å². The highest BCUT2D eigenvalue weighted by Crippen LogP contribution is 2.38. The Bertz CT molecular complexity index is 341. The van der Waals surface area contributed by atoms with Gasteiger partial charge in [-0.25, -0.2) is 0 Å². The molecule has 0 aromatic carbocycles. The van der Waals surface area contributed by atoms with E-state index in [1.165, 1.54) is 0 Å². The van der Waals surface area contributed by atoms with E-state index in [1.54, 1.807) is 0 Å². The third kappa shape index (κ3) is 7.82. The van der Waals surface area contributed by atoms with Crippen LogP contribution in [0.25, 0.3) is 0 Å². The van der Waals surface area contributed by atoms with E-state index in [-0.39, 0.29) is 22.8 Å². The lowest BCUT2D eigenvalue weighted by molar-refractivity contribution is 0.0926. The second kappa shape index (κ2) is 8.61. The highest BCUT2D eigenvalue weighted by molar-refractivity contribution is 6.74. The Balaban J connectivity index is 4.21. The van der Waals surface area contributed by atoms with E-state index in [0.717, 1.165) is 25.9 Å². The average Bonchev–Trinajstić information content (AvgIpc) is 2.33. The van der Waals surface area contributed by atoms with Crippen molar-refractivity contribution in [2.24, 2.45) is 0 Å². The molecule has 0 amide bonds. The van der Waals surface area contributed by atoms with E-state index in [4.69, 9.17) is 8.85 Å². The Morgan fingerprint density at radius 2 is 1.30 bits per heavy atom. The predicted octanol–water partition coefficient (Wildman–Crippen LogP) is 5.56. The van der Waals surface area contributed by atoms with E-state index in [9.17, 15) is 5.11 Å². The number of unbranched alkanes of at least 4 members (excludes halogenated alkanes) is 1. The Kier molecular flexibility index (Phi) is 8.73. The minimum atomic E-state index is -1.80. The van der Waals surface area contributed by atoms with Gasteiger partial charge >= 0.3 is 0 Å². The Hall–Kier alpha value is 0.314. The van der Waals surface area contributed by atoms with Crippen molar-refractivity contribution in [2.75, 3.05) is 13.2 Å². The molecule has 0 bridgehead atoms. The highest BCUT2D eigenvalue weighted by Gasteiger charge is 2.39. The lowest BCUT2D eigenvalue weighted by Crippen LogP contribution is -2.44. The minimum absolute atomic E-state index is 0.0243. The number of hydrogen-bond donors (Lipinski definition) is 1. The van der Waals surface area contributed by atoms with E-state index in [1.807, 2.05) is 0 Å². The van der Waals surface area contributed by atoms with Gasteiger partial charge in [0.05, 0.1) is 12.7 Å². The van der Waals surface area contributed by atoms with Crippen LogP contribution in [-0.2, 0) is 8.85 Å². The second-order valence-electron chi connectivity index (χ2n) is 9.79. The molecule has 0 aromatic rings. The predicted molar refractivity (Wildman–Crippen MR) is 106 cm³/mol. The summed E-state index contributed by atoms with van der Waals surface area (Å²) >= 11 is 0. The summed E-state index contributed by atoms with van der Waals surface area (Å²) in [6.45, 7) is 23.6. The molecular weight excluding hydrogens is 320 g/mol. The van der Waals surface area contributed by atoms with Gasteiger partial charge in [-0.2, -0.15) is 0 Å². The van der Waals surface area contributed by atoms with Gasteiger partial charge in [0.25, 0.3) is 0 Å². The van der Waals surface area contributed by atoms with Crippen LogP contribution in [0.5, 0.6) is 0 Å². The van der Waals surface area contributed by atoms with Crippen molar-refractivity contribution >= 4 is 16.6 Å². The van der Waals surface area contributed by atoms with Gasteiger partial charge in [0.2, 0.25) is 0 Å². The SMILES string of the molecule is CC(C)(C)[Si](C)(C)OCCCCC(CO)O[Si](C)(C)C(C)(C)C. The first-order valence-electron chi connectivity index (χ1n) is 9.07. The van der Waals surface area contributed by atoms with Crippen LogP contribution in [0, 0.1) is 0 Å². The van der Waals surface area contributed by atoms with Gasteiger partial charge < -0.3 is 14.0 Å². The summed E-state index contributed by atoms with van der Waals surface area (Å²) in [5.74, 6) is 0. The van der Waals surface area contributed by atoms with Crippen molar-refractivity contribution in [3.05, 3.63) is 0 Å².